The third-order valence-electron chi connectivity index (χ3n) is 5.83. The Labute approximate surface area is 214 Å². The second-order valence-corrected chi connectivity index (χ2v) is 9.36. The SMILES string of the molecule is CCOc1cc(/C=C2\SC(=O)N(Cc3ccccc3)C2=O)ccc1OCc1ccc2ccccc2c1. The van der Waals surface area contributed by atoms with Crippen LogP contribution in [0.3, 0.4) is 0 Å². The number of hydrogen-bond acceptors (Lipinski definition) is 5. The molecule has 5 nitrogen and oxygen atoms in total. The van der Waals surface area contributed by atoms with Crippen molar-refractivity contribution >= 4 is 39.8 Å². The normalized spacial score (nSPS) is 14.6. The fourth-order valence-corrected chi connectivity index (χ4v) is 4.88. The maximum absolute atomic E-state index is 12.9. The molecule has 0 radical (unpaired) electrons. The Balaban J connectivity index is 1.32. The summed E-state index contributed by atoms with van der Waals surface area (Å²) in [6, 6.07) is 29.5. The van der Waals surface area contributed by atoms with Gasteiger partial charge in [-0.15, -0.1) is 0 Å². The van der Waals surface area contributed by atoms with E-state index in [0.29, 0.717) is 29.6 Å². The van der Waals surface area contributed by atoms with Crippen LogP contribution in [0, 0.1) is 0 Å². The van der Waals surface area contributed by atoms with Gasteiger partial charge in [0.2, 0.25) is 0 Å². The summed E-state index contributed by atoms with van der Waals surface area (Å²) in [5.41, 5.74) is 2.74. The number of thioether (sulfide) groups is 1. The van der Waals surface area contributed by atoms with Gasteiger partial charge in [-0.2, -0.15) is 0 Å². The van der Waals surface area contributed by atoms with Crippen molar-refractivity contribution in [1.82, 2.24) is 4.90 Å². The van der Waals surface area contributed by atoms with Crippen LogP contribution in [0.15, 0.2) is 95.9 Å². The summed E-state index contributed by atoms with van der Waals surface area (Å²) < 4.78 is 11.9. The second kappa shape index (κ2) is 10.7. The van der Waals surface area contributed by atoms with Crippen molar-refractivity contribution < 1.29 is 19.1 Å². The maximum Gasteiger partial charge on any atom is 0.293 e. The number of carbonyl (C=O) groups is 2. The van der Waals surface area contributed by atoms with E-state index in [1.807, 2.05) is 67.6 Å². The number of ether oxygens (including phenoxy) is 2. The molecule has 0 saturated carbocycles. The molecule has 0 bridgehead atoms. The van der Waals surface area contributed by atoms with Crippen LogP contribution in [0.2, 0.25) is 0 Å². The van der Waals surface area contributed by atoms with Gasteiger partial charge in [0.05, 0.1) is 18.1 Å². The number of nitrogens with zero attached hydrogens (tertiary/aromatic N) is 1. The Hall–Kier alpha value is -4.03. The lowest BCUT2D eigenvalue weighted by Gasteiger charge is -2.13. The van der Waals surface area contributed by atoms with Crippen LogP contribution in [-0.2, 0) is 17.9 Å². The van der Waals surface area contributed by atoms with E-state index in [1.54, 1.807) is 6.08 Å². The highest BCUT2D eigenvalue weighted by Gasteiger charge is 2.35. The van der Waals surface area contributed by atoms with Gasteiger partial charge >= 0.3 is 0 Å². The summed E-state index contributed by atoms with van der Waals surface area (Å²) in [6.45, 7) is 3.05. The van der Waals surface area contributed by atoms with E-state index in [2.05, 4.69) is 30.3 Å². The third kappa shape index (κ3) is 5.29. The zero-order chi connectivity index (χ0) is 24.9. The monoisotopic (exact) mass is 495 g/mol. The second-order valence-electron chi connectivity index (χ2n) is 8.36. The molecule has 5 rings (SSSR count). The molecule has 0 aromatic heterocycles. The standard InChI is InChI=1S/C30H25NO4S/c1-2-34-27-17-22(18-28-29(32)31(30(33)36-28)19-21-8-4-3-5-9-21)13-15-26(27)35-20-23-12-14-24-10-6-7-11-25(24)16-23/h3-18H,2,19-20H2,1H3/b28-18-. The molecule has 1 fully saturated rings. The predicted octanol–water partition coefficient (Wildman–Crippen LogP) is 7.05. The van der Waals surface area contributed by atoms with Gasteiger partial charge in [-0.1, -0.05) is 72.8 Å². The zero-order valence-electron chi connectivity index (χ0n) is 19.8. The minimum Gasteiger partial charge on any atom is -0.490 e. The van der Waals surface area contributed by atoms with Crippen LogP contribution in [0.25, 0.3) is 16.8 Å². The summed E-state index contributed by atoms with van der Waals surface area (Å²) in [6.07, 6.45) is 1.73. The predicted molar refractivity (Wildman–Crippen MR) is 144 cm³/mol. The molecule has 0 aliphatic carbocycles. The summed E-state index contributed by atoms with van der Waals surface area (Å²) in [4.78, 5) is 27.1. The number of rotatable bonds is 8. The van der Waals surface area contributed by atoms with Gasteiger partial charge < -0.3 is 9.47 Å². The van der Waals surface area contributed by atoms with E-state index in [4.69, 9.17) is 9.47 Å². The Kier molecular flexibility index (Phi) is 7.05. The highest BCUT2D eigenvalue weighted by molar-refractivity contribution is 8.18. The molecular weight excluding hydrogens is 470 g/mol. The topological polar surface area (TPSA) is 55.8 Å². The molecular formula is C30H25NO4S. The molecule has 0 N–H and O–H groups in total. The average molecular weight is 496 g/mol. The fourth-order valence-electron chi connectivity index (χ4n) is 4.05. The highest BCUT2D eigenvalue weighted by atomic mass is 32.2. The Morgan fingerprint density at radius 2 is 1.56 bits per heavy atom. The van der Waals surface area contributed by atoms with E-state index in [-0.39, 0.29) is 17.7 Å². The smallest absolute Gasteiger partial charge is 0.293 e. The number of imide groups is 1. The number of carbonyl (C=O) groups excluding carboxylic acids is 2. The molecule has 4 aromatic carbocycles. The van der Waals surface area contributed by atoms with Crippen molar-refractivity contribution in [2.75, 3.05) is 6.61 Å². The first-order chi connectivity index (χ1) is 17.6. The lowest BCUT2D eigenvalue weighted by molar-refractivity contribution is -0.123. The quantitative estimate of drug-likeness (QED) is 0.245. The Bertz CT molecular complexity index is 1450. The molecule has 0 unspecified atom stereocenters. The van der Waals surface area contributed by atoms with E-state index < -0.39 is 0 Å². The first-order valence-electron chi connectivity index (χ1n) is 11.8. The van der Waals surface area contributed by atoms with Gasteiger partial charge in [-0.3, -0.25) is 14.5 Å². The Morgan fingerprint density at radius 1 is 0.778 bits per heavy atom. The molecule has 1 aliphatic rings. The van der Waals surface area contributed by atoms with Crippen molar-refractivity contribution in [3.05, 3.63) is 113 Å². The van der Waals surface area contributed by atoms with Crippen LogP contribution in [0.4, 0.5) is 4.79 Å². The molecule has 0 spiro atoms. The Morgan fingerprint density at radius 3 is 2.36 bits per heavy atom. The molecule has 2 amide bonds. The van der Waals surface area contributed by atoms with Gasteiger partial charge in [0.15, 0.2) is 11.5 Å². The molecule has 1 saturated heterocycles. The number of benzene rings is 4. The molecule has 180 valence electrons. The summed E-state index contributed by atoms with van der Waals surface area (Å²) >= 11 is 0.954. The van der Waals surface area contributed by atoms with Crippen molar-refractivity contribution in [3.63, 3.8) is 0 Å². The molecule has 36 heavy (non-hydrogen) atoms. The van der Waals surface area contributed by atoms with Crippen molar-refractivity contribution in [2.45, 2.75) is 20.1 Å². The van der Waals surface area contributed by atoms with Crippen LogP contribution in [0.1, 0.15) is 23.6 Å². The molecule has 1 aliphatic heterocycles. The fraction of sp³-hybridized carbons (Fsp3) is 0.133. The van der Waals surface area contributed by atoms with Crippen LogP contribution >= 0.6 is 11.8 Å². The molecule has 6 heteroatoms. The van der Waals surface area contributed by atoms with E-state index in [1.165, 1.54) is 15.7 Å². The minimum absolute atomic E-state index is 0.259. The van der Waals surface area contributed by atoms with Crippen LogP contribution in [0.5, 0.6) is 11.5 Å². The van der Waals surface area contributed by atoms with E-state index in [9.17, 15) is 9.59 Å². The van der Waals surface area contributed by atoms with Crippen molar-refractivity contribution in [2.24, 2.45) is 0 Å². The average Bonchev–Trinajstić information content (AvgIpc) is 3.16. The van der Waals surface area contributed by atoms with E-state index in [0.717, 1.165) is 28.5 Å². The minimum atomic E-state index is -0.288. The first kappa shape index (κ1) is 23.7. The van der Waals surface area contributed by atoms with Crippen molar-refractivity contribution in [3.8, 4) is 11.5 Å². The maximum atomic E-state index is 12.9. The van der Waals surface area contributed by atoms with Gasteiger partial charge in [0.1, 0.15) is 6.61 Å². The van der Waals surface area contributed by atoms with Gasteiger partial charge in [-0.25, -0.2) is 0 Å². The summed E-state index contributed by atoms with van der Waals surface area (Å²) in [5.74, 6) is 0.929. The van der Waals surface area contributed by atoms with Gasteiger partial charge in [-0.05, 0) is 70.4 Å². The molecule has 4 aromatic rings. The molecule has 1 heterocycles. The van der Waals surface area contributed by atoms with Gasteiger partial charge in [0.25, 0.3) is 11.1 Å². The van der Waals surface area contributed by atoms with Crippen molar-refractivity contribution in [1.29, 1.82) is 0 Å². The number of amides is 2. The van der Waals surface area contributed by atoms with E-state index >= 15 is 0 Å². The molecule has 0 atom stereocenters. The number of fused-ring (bicyclic) bond motifs is 1. The first-order valence-corrected chi connectivity index (χ1v) is 12.6. The highest BCUT2D eigenvalue weighted by Crippen LogP contribution is 2.35. The van der Waals surface area contributed by atoms with Crippen LogP contribution < -0.4 is 9.47 Å². The lowest BCUT2D eigenvalue weighted by Crippen LogP contribution is -2.27. The number of hydrogen-bond donors (Lipinski definition) is 0. The largest absolute Gasteiger partial charge is 0.490 e. The lowest BCUT2D eigenvalue weighted by atomic mass is 10.1. The summed E-state index contributed by atoms with van der Waals surface area (Å²) in [5, 5.41) is 2.09. The van der Waals surface area contributed by atoms with Crippen LogP contribution in [-0.4, -0.2) is 22.7 Å². The van der Waals surface area contributed by atoms with Gasteiger partial charge in [0, 0.05) is 0 Å². The third-order valence-corrected chi connectivity index (χ3v) is 6.74. The summed E-state index contributed by atoms with van der Waals surface area (Å²) in [7, 11) is 0. The zero-order valence-corrected chi connectivity index (χ0v) is 20.7.